The van der Waals surface area contributed by atoms with Gasteiger partial charge in [-0.05, 0) is 26.7 Å². The molecule has 1 unspecified atom stereocenters. The first-order chi connectivity index (χ1) is 12.5. The van der Waals surface area contributed by atoms with Gasteiger partial charge in [0, 0.05) is 50.0 Å². The predicted octanol–water partition coefficient (Wildman–Crippen LogP) is 1.83. The number of aromatic nitrogens is 2. The van der Waals surface area contributed by atoms with Gasteiger partial charge >= 0.3 is 6.03 Å². The summed E-state index contributed by atoms with van der Waals surface area (Å²) in [5.74, 6) is 3.16. The maximum Gasteiger partial charge on any atom is 0.318 e. The number of urea groups is 1. The van der Waals surface area contributed by atoms with Crippen molar-refractivity contribution in [3.8, 4) is 0 Å². The van der Waals surface area contributed by atoms with Crippen molar-refractivity contribution < 1.29 is 14.1 Å². The van der Waals surface area contributed by atoms with Gasteiger partial charge in [0.15, 0.2) is 5.82 Å². The maximum atomic E-state index is 12.3. The first-order valence-electron chi connectivity index (χ1n) is 9.29. The minimum absolute atomic E-state index is 0.0868. The Kier molecular flexibility index (Phi) is 6.39. The van der Waals surface area contributed by atoms with Crippen molar-refractivity contribution >= 4 is 23.7 Å². The van der Waals surface area contributed by atoms with Gasteiger partial charge in [0.25, 0.3) is 0 Å². The number of hydrogen-bond acceptors (Lipinski definition) is 6. The second-order valence-electron chi connectivity index (χ2n) is 7.00. The van der Waals surface area contributed by atoms with Crippen LogP contribution in [0.1, 0.15) is 50.9 Å². The zero-order valence-corrected chi connectivity index (χ0v) is 16.3. The molecule has 2 fully saturated rings. The van der Waals surface area contributed by atoms with Crippen LogP contribution >= 0.6 is 11.8 Å². The lowest BCUT2D eigenvalue weighted by atomic mass is 10.2. The number of aryl methyl sites for hydroxylation is 1. The molecule has 8 nitrogen and oxygen atoms in total. The molecule has 0 aromatic carbocycles. The van der Waals surface area contributed by atoms with Crippen LogP contribution in [0.5, 0.6) is 0 Å². The first-order valence-corrected chi connectivity index (χ1v) is 10.4. The molecule has 1 atom stereocenters. The molecule has 0 saturated carbocycles. The summed E-state index contributed by atoms with van der Waals surface area (Å²) in [4.78, 5) is 32.7. The molecule has 0 spiro atoms. The smallest absolute Gasteiger partial charge is 0.318 e. The molecule has 3 amide bonds. The molecule has 3 rings (SSSR count). The monoisotopic (exact) mass is 381 g/mol. The van der Waals surface area contributed by atoms with Crippen molar-refractivity contribution in [2.24, 2.45) is 0 Å². The van der Waals surface area contributed by atoms with Crippen LogP contribution in [0.4, 0.5) is 4.79 Å². The summed E-state index contributed by atoms with van der Waals surface area (Å²) in [7, 11) is 0. The molecule has 3 heterocycles. The van der Waals surface area contributed by atoms with Crippen LogP contribution in [-0.2, 0) is 11.2 Å². The van der Waals surface area contributed by atoms with Crippen LogP contribution in [0.3, 0.4) is 0 Å². The number of nitrogens with zero attached hydrogens (tertiary/aromatic N) is 4. The van der Waals surface area contributed by atoms with Gasteiger partial charge in [0.1, 0.15) is 0 Å². The lowest BCUT2D eigenvalue weighted by Gasteiger charge is -2.26. The fourth-order valence-corrected chi connectivity index (χ4v) is 4.20. The average molecular weight is 382 g/mol. The number of amides is 3. The number of hydrogen-bond donors (Lipinski definition) is 1. The van der Waals surface area contributed by atoms with Crippen LogP contribution in [0, 0.1) is 0 Å². The highest BCUT2D eigenvalue weighted by molar-refractivity contribution is 7.99. The lowest BCUT2D eigenvalue weighted by Crippen LogP contribution is -2.42. The fraction of sp³-hybridized carbons (Fsp3) is 0.765. The summed E-state index contributed by atoms with van der Waals surface area (Å²) in [5, 5.41) is 6.98. The van der Waals surface area contributed by atoms with E-state index in [0.717, 1.165) is 37.4 Å². The van der Waals surface area contributed by atoms with Gasteiger partial charge in [0.05, 0.1) is 6.04 Å². The van der Waals surface area contributed by atoms with Crippen molar-refractivity contribution in [1.82, 2.24) is 25.3 Å². The molecule has 0 aliphatic carbocycles. The normalized spacial score (nSPS) is 20.7. The van der Waals surface area contributed by atoms with E-state index >= 15 is 0 Å². The summed E-state index contributed by atoms with van der Waals surface area (Å²) in [6.45, 7) is 6.21. The van der Waals surface area contributed by atoms with Gasteiger partial charge in [-0.1, -0.05) is 5.16 Å². The Morgan fingerprint density at radius 2 is 2.08 bits per heavy atom. The highest BCUT2D eigenvalue weighted by Gasteiger charge is 2.33. The largest absolute Gasteiger partial charge is 0.341 e. The third-order valence-corrected chi connectivity index (χ3v) is 5.57. The topological polar surface area (TPSA) is 91.6 Å². The van der Waals surface area contributed by atoms with Gasteiger partial charge in [-0.25, -0.2) is 4.79 Å². The highest BCUT2D eigenvalue weighted by Crippen LogP contribution is 2.30. The Hall–Kier alpha value is -1.77. The zero-order chi connectivity index (χ0) is 18.5. The minimum atomic E-state index is -0.152. The van der Waals surface area contributed by atoms with Crippen molar-refractivity contribution in [1.29, 1.82) is 0 Å². The van der Waals surface area contributed by atoms with Gasteiger partial charge in [-0.15, -0.1) is 0 Å². The molecule has 9 heteroatoms. The summed E-state index contributed by atoms with van der Waals surface area (Å²) in [6.07, 6.45) is 2.58. The van der Waals surface area contributed by atoms with Crippen molar-refractivity contribution in [2.45, 2.75) is 51.6 Å². The molecular formula is C17H27N5O3S. The maximum absolute atomic E-state index is 12.3. The number of thioether (sulfide) groups is 1. The molecule has 2 saturated heterocycles. The molecule has 0 bridgehead atoms. The summed E-state index contributed by atoms with van der Waals surface area (Å²) >= 11 is 1.88. The van der Waals surface area contributed by atoms with Gasteiger partial charge in [-0.2, -0.15) is 16.7 Å². The lowest BCUT2D eigenvalue weighted by molar-refractivity contribution is -0.130. The molecule has 2 aliphatic heterocycles. The van der Waals surface area contributed by atoms with Crippen LogP contribution < -0.4 is 5.32 Å². The number of likely N-dealkylation sites (tertiary alicyclic amines) is 1. The molecule has 1 aromatic rings. The second-order valence-corrected chi connectivity index (χ2v) is 8.22. The average Bonchev–Trinajstić information content (AvgIpc) is 3.28. The molecular weight excluding hydrogens is 354 g/mol. The SMILES string of the molecule is CC(C)NC(=O)N1CCCC1c1noc(CCC(=O)N2CCSCC2)n1. The van der Waals surface area contributed by atoms with Crippen molar-refractivity contribution in [2.75, 3.05) is 31.1 Å². The van der Waals surface area contributed by atoms with Crippen LogP contribution in [0.25, 0.3) is 0 Å². The Labute approximate surface area is 158 Å². The molecule has 0 radical (unpaired) electrons. The van der Waals surface area contributed by atoms with E-state index in [1.165, 1.54) is 0 Å². The summed E-state index contributed by atoms with van der Waals surface area (Å²) in [5.41, 5.74) is 0. The van der Waals surface area contributed by atoms with Gasteiger partial charge in [0.2, 0.25) is 11.8 Å². The first kappa shape index (κ1) is 19.0. The predicted molar refractivity (Wildman–Crippen MR) is 98.9 cm³/mol. The molecule has 26 heavy (non-hydrogen) atoms. The molecule has 2 aliphatic rings. The van der Waals surface area contributed by atoms with Crippen molar-refractivity contribution in [3.05, 3.63) is 11.7 Å². The Morgan fingerprint density at radius 3 is 2.81 bits per heavy atom. The number of carbonyl (C=O) groups excluding carboxylic acids is 2. The summed E-state index contributed by atoms with van der Waals surface area (Å²) in [6, 6.07) is -0.156. The van der Waals surface area contributed by atoms with E-state index in [0.29, 0.717) is 31.1 Å². The van der Waals surface area contributed by atoms with Gasteiger partial charge in [-0.3, -0.25) is 4.79 Å². The number of nitrogens with one attached hydrogen (secondary N) is 1. The molecule has 1 N–H and O–H groups in total. The Bertz CT molecular complexity index is 630. The molecule has 1 aromatic heterocycles. The Morgan fingerprint density at radius 1 is 1.31 bits per heavy atom. The Balaban J connectivity index is 1.55. The van der Waals surface area contributed by atoms with Crippen LogP contribution in [-0.4, -0.2) is 69.1 Å². The van der Waals surface area contributed by atoms with Crippen LogP contribution in [0.15, 0.2) is 4.52 Å². The molecule has 144 valence electrons. The van der Waals surface area contributed by atoms with E-state index in [4.69, 9.17) is 4.52 Å². The quantitative estimate of drug-likeness (QED) is 0.837. The third kappa shape index (κ3) is 4.69. The summed E-state index contributed by atoms with van der Waals surface area (Å²) < 4.78 is 5.33. The van der Waals surface area contributed by atoms with E-state index in [1.54, 1.807) is 4.90 Å². The highest BCUT2D eigenvalue weighted by atomic mass is 32.2. The zero-order valence-electron chi connectivity index (χ0n) is 15.4. The fourth-order valence-electron chi connectivity index (χ4n) is 3.30. The van der Waals surface area contributed by atoms with E-state index < -0.39 is 0 Å². The second kappa shape index (κ2) is 8.75. The van der Waals surface area contributed by atoms with E-state index in [1.807, 2.05) is 30.5 Å². The van der Waals surface area contributed by atoms with Crippen LogP contribution in [0.2, 0.25) is 0 Å². The number of carbonyl (C=O) groups is 2. The minimum Gasteiger partial charge on any atom is -0.341 e. The van der Waals surface area contributed by atoms with E-state index in [-0.39, 0.29) is 24.0 Å². The van der Waals surface area contributed by atoms with E-state index in [9.17, 15) is 9.59 Å². The third-order valence-electron chi connectivity index (χ3n) is 4.62. The van der Waals surface area contributed by atoms with Crippen molar-refractivity contribution in [3.63, 3.8) is 0 Å². The van der Waals surface area contributed by atoms with E-state index in [2.05, 4.69) is 15.5 Å². The number of rotatable bonds is 5. The standard InChI is InChI=1S/C17H27N5O3S/c1-12(2)18-17(24)22-7-3-4-13(22)16-19-14(25-20-16)5-6-15(23)21-8-10-26-11-9-21/h12-13H,3-11H2,1-2H3,(H,18,24). The van der Waals surface area contributed by atoms with Gasteiger partial charge < -0.3 is 19.6 Å².